The van der Waals surface area contributed by atoms with Crippen LogP contribution in [-0.2, 0) is 9.63 Å². The molecule has 124 valence electrons. The van der Waals surface area contributed by atoms with Gasteiger partial charge in [0.25, 0.3) is 5.91 Å². The molecule has 0 aromatic heterocycles. The number of Topliss-reactive ketones (excluding diaryl/α,β-unsaturated/α-hetero) is 1. The third-order valence-electron chi connectivity index (χ3n) is 4.09. The van der Waals surface area contributed by atoms with Crippen LogP contribution >= 0.6 is 0 Å². The summed E-state index contributed by atoms with van der Waals surface area (Å²) in [7, 11) is 0. The summed E-state index contributed by atoms with van der Waals surface area (Å²) in [5, 5.41) is 2.42. The van der Waals surface area contributed by atoms with Crippen molar-refractivity contribution in [2.24, 2.45) is 11.8 Å². The van der Waals surface area contributed by atoms with Crippen LogP contribution in [0.25, 0.3) is 0 Å². The van der Waals surface area contributed by atoms with Crippen molar-refractivity contribution in [3.8, 4) is 0 Å². The number of amides is 2. The quantitative estimate of drug-likeness (QED) is 0.660. The van der Waals surface area contributed by atoms with Gasteiger partial charge in [0, 0.05) is 23.9 Å². The molecule has 2 amide bonds. The van der Waals surface area contributed by atoms with Gasteiger partial charge in [-0.3, -0.25) is 9.59 Å². The third-order valence-corrected chi connectivity index (χ3v) is 4.09. The molecule has 2 N–H and O–H groups in total. The predicted octanol–water partition coefficient (Wildman–Crippen LogP) is 2.45. The molecule has 1 fully saturated rings. The van der Waals surface area contributed by atoms with E-state index in [0.29, 0.717) is 32.2 Å². The smallest absolute Gasteiger partial charge is 0.322 e. The molecule has 0 atom stereocenters. The Balaban J connectivity index is 1.78. The first-order valence-corrected chi connectivity index (χ1v) is 7.95. The van der Waals surface area contributed by atoms with E-state index >= 15 is 0 Å². The maximum atomic E-state index is 12.4. The molecule has 0 saturated heterocycles. The largest absolute Gasteiger partial charge is 0.431 e. The molecule has 0 bridgehead atoms. The van der Waals surface area contributed by atoms with Gasteiger partial charge in [0.15, 0.2) is 5.78 Å². The summed E-state index contributed by atoms with van der Waals surface area (Å²) in [6.45, 7) is 2.19. The van der Waals surface area contributed by atoms with Gasteiger partial charge in [0.1, 0.15) is 0 Å². The summed E-state index contributed by atoms with van der Waals surface area (Å²) >= 11 is 0. The summed E-state index contributed by atoms with van der Waals surface area (Å²) in [5.41, 5.74) is 2.90. The molecule has 6 nitrogen and oxygen atoms in total. The van der Waals surface area contributed by atoms with Crippen molar-refractivity contribution in [1.29, 1.82) is 0 Å². The van der Waals surface area contributed by atoms with Gasteiger partial charge in [0.05, 0.1) is 0 Å². The van der Waals surface area contributed by atoms with E-state index in [1.54, 1.807) is 6.92 Å². The highest BCUT2D eigenvalue weighted by atomic mass is 16.7. The molecule has 0 aliphatic heterocycles. The zero-order chi connectivity index (χ0) is 16.7. The highest BCUT2D eigenvalue weighted by Crippen LogP contribution is 2.31. The maximum absolute atomic E-state index is 12.4. The first-order valence-electron chi connectivity index (χ1n) is 7.95. The summed E-state index contributed by atoms with van der Waals surface area (Å²) < 4.78 is 0. The number of hydroxylamine groups is 1. The molecule has 0 spiro atoms. The summed E-state index contributed by atoms with van der Waals surface area (Å²) in [5.74, 6) is -0.417. The fraction of sp³-hybridized carbons (Fsp3) is 0.471. The molecule has 1 saturated carbocycles. The molecule has 0 radical (unpaired) electrons. The van der Waals surface area contributed by atoms with Crippen LogP contribution < -0.4 is 10.8 Å². The van der Waals surface area contributed by atoms with Gasteiger partial charge >= 0.3 is 6.09 Å². The minimum atomic E-state index is -0.672. The zero-order valence-electron chi connectivity index (χ0n) is 13.2. The maximum Gasteiger partial charge on any atom is 0.431 e. The third kappa shape index (κ3) is 4.81. The Labute approximate surface area is 135 Å². The SMILES string of the molecule is CCNC(=O)ONC(=O)C1CCC(C(=O)c2ccccc2)CC1. The zero-order valence-corrected chi connectivity index (χ0v) is 13.2. The van der Waals surface area contributed by atoms with Crippen molar-refractivity contribution in [2.45, 2.75) is 32.6 Å². The molecular weight excluding hydrogens is 296 g/mol. The van der Waals surface area contributed by atoms with E-state index in [4.69, 9.17) is 0 Å². The average Bonchev–Trinajstić information content (AvgIpc) is 2.60. The predicted molar refractivity (Wildman–Crippen MR) is 84.5 cm³/mol. The molecule has 2 rings (SSSR count). The lowest BCUT2D eigenvalue weighted by molar-refractivity contribution is -0.134. The van der Waals surface area contributed by atoms with Gasteiger partial charge in [-0.2, -0.15) is 5.48 Å². The van der Waals surface area contributed by atoms with Gasteiger partial charge in [-0.25, -0.2) is 4.79 Å². The summed E-state index contributed by atoms with van der Waals surface area (Å²) in [6, 6.07) is 9.23. The Morgan fingerprint density at radius 3 is 2.26 bits per heavy atom. The minimum absolute atomic E-state index is 0.0363. The number of benzene rings is 1. The first-order chi connectivity index (χ1) is 11.1. The van der Waals surface area contributed by atoms with Crippen LogP contribution in [0.1, 0.15) is 43.0 Å². The van der Waals surface area contributed by atoms with E-state index in [0.717, 1.165) is 5.56 Å². The molecule has 1 aromatic carbocycles. The highest BCUT2D eigenvalue weighted by molar-refractivity contribution is 5.98. The second kappa shape index (κ2) is 8.31. The Hall–Kier alpha value is -2.37. The number of hydrogen-bond donors (Lipinski definition) is 2. The van der Waals surface area contributed by atoms with E-state index in [1.807, 2.05) is 30.3 Å². The van der Waals surface area contributed by atoms with E-state index < -0.39 is 6.09 Å². The highest BCUT2D eigenvalue weighted by Gasteiger charge is 2.30. The normalized spacial score (nSPS) is 20.4. The topological polar surface area (TPSA) is 84.5 Å². The van der Waals surface area contributed by atoms with Gasteiger partial charge in [-0.05, 0) is 32.6 Å². The first kappa shape index (κ1) is 17.0. The number of hydrogen-bond acceptors (Lipinski definition) is 4. The lowest BCUT2D eigenvalue weighted by Gasteiger charge is -2.26. The van der Waals surface area contributed by atoms with Crippen molar-refractivity contribution in [3.05, 3.63) is 35.9 Å². The van der Waals surface area contributed by atoms with Crippen molar-refractivity contribution < 1.29 is 19.2 Å². The van der Waals surface area contributed by atoms with Gasteiger partial charge < -0.3 is 10.2 Å². The molecule has 1 aliphatic rings. The average molecular weight is 318 g/mol. The molecule has 0 heterocycles. The standard InChI is InChI=1S/C17H22N2O4/c1-2-18-17(22)23-19-16(21)14-10-8-13(9-11-14)15(20)12-6-4-3-5-7-12/h3-7,13-14H,2,8-11H2,1H3,(H,18,22)(H,19,21). The second-order valence-corrected chi connectivity index (χ2v) is 5.66. The van der Waals surface area contributed by atoms with E-state index in [9.17, 15) is 14.4 Å². The fourth-order valence-corrected chi connectivity index (χ4v) is 2.82. The number of carbonyl (C=O) groups is 3. The molecule has 0 unspecified atom stereocenters. The lowest BCUT2D eigenvalue weighted by Crippen LogP contribution is -2.38. The van der Waals surface area contributed by atoms with Crippen molar-refractivity contribution in [1.82, 2.24) is 10.8 Å². The van der Waals surface area contributed by atoms with Gasteiger partial charge in [-0.1, -0.05) is 30.3 Å². The Bertz CT molecular complexity index is 551. The van der Waals surface area contributed by atoms with Crippen LogP contribution in [0.4, 0.5) is 4.79 Å². The number of nitrogens with one attached hydrogen (secondary N) is 2. The van der Waals surface area contributed by atoms with Crippen LogP contribution in [0.2, 0.25) is 0 Å². The number of rotatable bonds is 4. The van der Waals surface area contributed by atoms with Gasteiger partial charge in [0.2, 0.25) is 0 Å². The molecule has 1 aliphatic carbocycles. The Morgan fingerprint density at radius 2 is 1.65 bits per heavy atom. The van der Waals surface area contributed by atoms with Crippen LogP contribution in [0.15, 0.2) is 30.3 Å². The Kier molecular flexibility index (Phi) is 6.14. The number of ketones is 1. The van der Waals surface area contributed by atoms with Crippen molar-refractivity contribution >= 4 is 17.8 Å². The van der Waals surface area contributed by atoms with E-state index in [2.05, 4.69) is 15.6 Å². The summed E-state index contributed by atoms with van der Waals surface area (Å²) in [6.07, 6.45) is 1.91. The lowest BCUT2D eigenvalue weighted by atomic mass is 9.78. The van der Waals surface area contributed by atoms with E-state index in [1.165, 1.54) is 0 Å². The van der Waals surface area contributed by atoms with Crippen LogP contribution in [0.3, 0.4) is 0 Å². The van der Waals surface area contributed by atoms with Crippen molar-refractivity contribution in [2.75, 3.05) is 6.54 Å². The Morgan fingerprint density at radius 1 is 1.04 bits per heavy atom. The second-order valence-electron chi connectivity index (χ2n) is 5.66. The molecule has 6 heteroatoms. The van der Waals surface area contributed by atoms with Crippen LogP contribution in [0, 0.1) is 11.8 Å². The van der Waals surface area contributed by atoms with Crippen molar-refractivity contribution in [3.63, 3.8) is 0 Å². The number of carbonyl (C=O) groups excluding carboxylic acids is 3. The fourth-order valence-electron chi connectivity index (χ4n) is 2.82. The van der Waals surface area contributed by atoms with E-state index in [-0.39, 0.29) is 23.5 Å². The molecule has 1 aromatic rings. The monoisotopic (exact) mass is 318 g/mol. The molecular formula is C17H22N2O4. The molecule has 23 heavy (non-hydrogen) atoms. The van der Waals surface area contributed by atoms with Crippen LogP contribution in [-0.4, -0.2) is 24.3 Å². The minimum Gasteiger partial charge on any atom is -0.322 e. The van der Waals surface area contributed by atoms with Crippen LogP contribution in [0.5, 0.6) is 0 Å². The van der Waals surface area contributed by atoms with Gasteiger partial charge in [-0.15, -0.1) is 0 Å². The summed E-state index contributed by atoms with van der Waals surface area (Å²) in [4.78, 5) is 40.1.